The first-order chi connectivity index (χ1) is 30.5. The molecule has 1 aromatic heterocycles. The summed E-state index contributed by atoms with van der Waals surface area (Å²) in [7, 11) is 0. The fourth-order valence-corrected chi connectivity index (χ4v) is 8.79. The van der Waals surface area contributed by atoms with E-state index in [9.17, 15) is 14.7 Å². The molecule has 8 nitrogen and oxygen atoms in total. The molecule has 8 aromatic rings. The van der Waals surface area contributed by atoms with Crippen molar-refractivity contribution in [3.05, 3.63) is 284 Å². The van der Waals surface area contributed by atoms with Crippen LogP contribution >= 0.6 is 0 Å². The summed E-state index contributed by atoms with van der Waals surface area (Å²) in [6.45, 7) is -0.0830. The highest BCUT2D eigenvalue weighted by molar-refractivity contribution is 5.49. The Morgan fingerprint density at radius 3 is 1.31 bits per heavy atom. The van der Waals surface area contributed by atoms with E-state index in [0.717, 1.165) is 38.9 Å². The van der Waals surface area contributed by atoms with Crippen LogP contribution in [0.25, 0.3) is 0 Å². The second kappa shape index (κ2) is 18.0. The zero-order valence-corrected chi connectivity index (χ0v) is 33.9. The molecule has 0 spiro atoms. The fourth-order valence-electron chi connectivity index (χ4n) is 8.79. The van der Waals surface area contributed by atoms with E-state index in [1.54, 1.807) is 0 Å². The average molecular weight is 819 g/mol. The van der Waals surface area contributed by atoms with Crippen LogP contribution < -0.4 is 11.2 Å². The minimum Gasteiger partial charge on any atom is -0.386 e. The predicted octanol–water partition coefficient (Wildman–Crippen LogP) is 8.77. The lowest BCUT2D eigenvalue weighted by Crippen LogP contribution is -2.47. The molecule has 1 fully saturated rings. The summed E-state index contributed by atoms with van der Waals surface area (Å²) in [6, 6.07) is 69.4. The SMILES string of the molecule is O=c1[nH]c(=O)n([C@@H]2O[C@H](COC(c3ccccc3)(c3ccccc3)c3ccccc3)[C@@H](OC(c3ccccc3)(c3ccccc3)c3ccccc3)[C@H]2O)cc1Cc1ccccc1. The number of H-pyrrole nitrogens is 1. The number of hydrogen-bond acceptors (Lipinski definition) is 6. The normalized spacial score (nSPS) is 17.8. The Labute approximate surface area is 360 Å². The van der Waals surface area contributed by atoms with Crippen LogP contribution in [0.15, 0.2) is 228 Å². The van der Waals surface area contributed by atoms with Crippen molar-refractivity contribution < 1.29 is 19.3 Å². The molecule has 0 aliphatic carbocycles. The summed E-state index contributed by atoms with van der Waals surface area (Å²) in [5.74, 6) is 0. The van der Waals surface area contributed by atoms with E-state index in [4.69, 9.17) is 14.2 Å². The van der Waals surface area contributed by atoms with Crippen molar-refractivity contribution in [3.8, 4) is 0 Å². The zero-order chi connectivity index (χ0) is 42.4. The molecule has 1 aliphatic heterocycles. The van der Waals surface area contributed by atoms with Gasteiger partial charge in [0.2, 0.25) is 0 Å². The number of benzene rings is 7. The van der Waals surface area contributed by atoms with Gasteiger partial charge in [-0.25, -0.2) is 4.79 Å². The van der Waals surface area contributed by atoms with Crippen LogP contribution in [0.5, 0.6) is 0 Å². The molecule has 0 amide bonds. The molecule has 1 saturated heterocycles. The summed E-state index contributed by atoms with van der Waals surface area (Å²) in [5.41, 5.74) is 2.74. The highest BCUT2D eigenvalue weighted by Gasteiger charge is 2.52. The third kappa shape index (κ3) is 7.77. The van der Waals surface area contributed by atoms with Crippen molar-refractivity contribution >= 4 is 0 Å². The molecule has 0 radical (unpaired) electrons. The lowest BCUT2D eigenvalue weighted by atomic mass is 9.79. The summed E-state index contributed by atoms with van der Waals surface area (Å²) in [6.07, 6.45) is -3.00. The van der Waals surface area contributed by atoms with E-state index >= 15 is 0 Å². The zero-order valence-electron chi connectivity index (χ0n) is 33.9. The Hall–Kier alpha value is -6.94. The molecule has 1 aliphatic rings. The van der Waals surface area contributed by atoms with E-state index in [0.29, 0.717) is 5.56 Å². The minimum absolute atomic E-state index is 0.0830. The van der Waals surface area contributed by atoms with E-state index in [1.807, 2.05) is 212 Å². The van der Waals surface area contributed by atoms with E-state index in [-0.39, 0.29) is 13.0 Å². The number of rotatable bonds is 14. The second-order valence-electron chi connectivity index (χ2n) is 15.5. The molecule has 8 heteroatoms. The molecule has 0 bridgehead atoms. The van der Waals surface area contributed by atoms with Gasteiger partial charge >= 0.3 is 5.69 Å². The first-order valence-electron chi connectivity index (χ1n) is 20.8. The molecule has 7 aromatic carbocycles. The predicted molar refractivity (Wildman–Crippen MR) is 240 cm³/mol. The van der Waals surface area contributed by atoms with Gasteiger partial charge in [0.15, 0.2) is 6.23 Å². The molecule has 308 valence electrons. The maximum Gasteiger partial charge on any atom is 0.330 e. The molecule has 4 atom stereocenters. The first kappa shape index (κ1) is 40.5. The molecule has 2 heterocycles. The Morgan fingerprint density at radius 1 is 0.532 bits per heavy atom. The Kier molecular flexibility index (Phi) is 11.7. The third-order valence-electron chi connectivity index (χ3n) is 11.7. The molecule has 0 saturated carbocycles. The van der Waals surface area contributed by atoms with Crippen LogP contribution in [0.3, 0.4) is 0 Å². The Morgan fingerprint density at radius 2 is 0.903 bits per heavy atom. The van der Waals surface area contributed by atoms with Crippen molar-refractivity contribution in [2.75, 3.05) is 6.61 Å². The van der Waals surface area contributed by atoms with Gasteiger partial charge in [0.05, 0.1) is 6.61 Å². The van der Waals surface area contributed by atoms with E-state index in [2.05, 4.69) is 4.98 Å². The maximum atomic E-state index is 13.9. The van der Waals surface area contributed by atoms with Crippen LogP contribution in [-0.2, 0) is 31.8 Å². The second-order valence-corrected chi connectivity index (χ2v) is 15.5. The lowest BCUT2D eigenvalue weighted by molar-refractivity contribution is -0.131. The van der Waals surface area contributed by atoms with E-state index in [1.165, 1.54) is 10.8 Å². The average Bonchev–Trinajstić information content (AvgIpc) is 3.64. The van der Waals surface area contributed by atoms with Crippen molar-refractivity contribution in [1.82, 2.24) is 9.55 Å². The van der Waals surface area contributed by atoms with Gasteiger partial charge in [0, 0.05) is 18.2 Å². The van der Waals surface area contributed by atoms with E-state index < -0.39 is 47.0 Å². The van der Waals surface area contributed by atoms with Gasteiger partial charge in [-0.2, -0.15) is 0 Å². The summed E-state index contributed by atoms with van der Waals surface area (Å²) in [5, 5.41) is 12.8. The third-order valence-corrected chi connectivity index (χ3v) is 11.7. The van der Waals surface area contributed by atoms with Gasteiger partial charge in [-0.3, -0.25) is 14.3 Å². The van der Waals surface area contributed by atoms with Crippen molar-refractivity contribution in [2.45, 2.75) is 42.2 Å². The lowest BCUT2D eigenvalue weighted by Gasteiger charge is -2.41. The van der Waals surface area contributed by atoms with Crippen LogP contribution in [-0.4, -0.2) is 39.6 Å². The number of aromatic amines is 1. The number of aliphatic hydroxyl groups excluding tert-OH is 1. The molecule has 62 heavy (non-hydrogen) atoms. The monoisotopic (exact) mass is 818 g/mol. The van der Waals surface area contributed by atoms with Gasteiger partial charge < -0.3 is 19.3 Å². The maximum absolute atomic E-state index is 13.9. The first-order valence-corrected chi connectivity index (χ1v) is 20.8. The van der Waals surface area contributed by atoms with Gasteiger partial charge in [0.1, 0.15) is 29.5 Å². The van der Waals surface area contributed by atoms with Crippen LogP contribution in [0, 0.1) is 0 Å². The quantitative estimate of drug-likeness (QED) is 0.107. The van der Waals surface area contributed by atoms with Crippen molar-refractivity contribution in [3.63, 3.8) is 0 Å². The van der Waals surface area contributed by atoms with Crippen molar-refractivity contribution in [1.29, 1.82) is 0 Å². The molecule has 0 unspecified atom stereocenters. The number of ether oxygens (including phenoxy) is 3. The molecule has 2 N–H and O–H groups in total. The smallest absolute Gasteiger partial charge is 0.330 e. The number of aromatic nitrogens is 2. The van der Waals surface area contributed by atoms with Gasteiger partial charge in [-0.1, -0.05) is 212 Å². The van der Waals surface area contributed by atoms with Crippen LogP contribution in [0.2, 0.25) is 0 Å². The van der Waals surface area contributed by atoms with Gasteiger partial charge in [0.25, 0.3) is 5.56 Å². The largest absolute Gasteiger partial charge is 0.386 e. The highest BCUT2D eigenvalue weighted by atomic mass is 16.6. The van der Waals surface area contributed by atoms with Crippen LogP contribution in [0.4, 0.5) is 0 Å². The molecular weight excluding hydrogens is 773 g/mol. The Bertz CT molecular complexity index is 2590. The number of hydrogen-bond donors (Lipinski definition) is 2. The number of aliphatic hydroxyl groups is 1. The number of nitrogens with zero attached hydrogens (tertiary/aromatic N) is 1. The summed E-state index contributed by atoms with van der Waals surface area (Å²) < 4.78 is 23.1. The highest BCUT2D eigenvalue weighted by Crippen LogP contribution is 2.46. The standard InChI is InChI=1S/C54H46N2O6/c57-48-49(62-54(44-30-16-5-17-31-44,45-32-18-6-19-33-45)46-34-20-7-21-35-46)47(61-51(48)56-37-40(50(58)55-52(56)59)36-39-22-8-1-9-23-39)38-60-53(41-24-10-2-11-25-41,42-26-12-3-13-27-42)43-28-14-4-15-29-43/h1-35,37,47-49,51,57H,36,38H2,(H,55,58,59)/t47-,48-,49-,51-/m1/s1. The Balaban J connectivity index is 1.21. The molecular formula is C54H46N2O6. The van der Waals surface area contributed by atoms with Gasteiger partial charge in [-0.05, 0) is 38.9 Å². The van der Waals surface area contributed by atoms with Gasteiger partial charge in [-0.15, -0.1) is 0 Å². The molecule has 9 rings (SSSR count). The summed E-state index contributed by atoms with van der Waals surface area (Å²) in [4.78, 5) is 29.6. The topological polar surface area (TPSA) is 103 Å². The summed E-state index contributed by atoms with van der Waals surface area (Å²) >= 11 is 0. The minimum atomic E-state index is -1.42. The number of nitrogens with one attached hydrogen (secondary N) is 1. The fraction of sp³-hybridized carbons (Fsp3) is 0.148. The van der Waals surface area contributed by atoms with Crippen molar-refractivity contribution in [2.24, 2.45) is 0 Å². The van der Waals surface area contributed by atoms with Crippen LogP contribution in [0.1, 0.15) is 50.7 Å².